The number of rotatable bonds is 19. The van der Waals surface area contributed by atoms with E-state index < -0.39 is 16.3 Å². The van der Waals surface area contributed by atoms with Gasteiger partial charge in [-0.3, -0.25) is 4.55 Å². The number of fused-ring (bicyclic) bond motifs is 1. The Morgan fingerprint density at radius 1 is 0.847 bits per heavy atom. The van der Waals surface area contributed by atoms with E-state index in [4.69, 9.17) is 48.0 Å². The first-order valence-electron chi connectivity index (χ1n) is 20.6. The molecule has 2 aliphatic rings. The van der Waals surface area contributed by atoms with Gasteiger partial charge in [-0.1, -0.05) is 25.7 Å². The number of halogens is 2. The van der Waals surface area contributed by atoms with Crippen molar-refractivity contribution in [1.29, 1.82) is 0 Å². The summed E-state index contributed by atoms with van der Waals surface area (Å²) in [5.41, 5.74) is 10.8. The summed E-state index contributed by atoms with van der Waals surface area (Å²) in [6.07, 6.45) is 0.982. The van der Waals surface area contributed by atoms with Crippen LogP contribution >= 0.6 is 145 Å². The van der Waals surface area contributed by atoms with Crippen molar-refractivity contribution >= 4 is 189 Å². The van der Waals surface area contributed by atoms with Crippen LogP contribution in [0.5, 0.6) is 0 Å². The number of hydrogen-bond acceptors (Lipinski definition) is 15. The molecule has 2 aliphatic heterocycles. The Hall–Kier alpha value is 2.37. The smallest absolute Gasteiger partial charge is 0.428 e. The average molecular weight is 1340 g/mol. The monoisotopic (exact) mass is 1340 g/mol. The van der Waals surface area contributed by atoms with Crippen molar-refractivity contribution in [3.63, 3.8) is 0 Å². The highest BCUT2D eigenvalue weighted by atomic mass is 35.5. The summed E-state index contributed by atoms with van der Waals surface area (Å²) < 4.78 is 69.7. The van der Waals surface area contributed by atoms with Crippen LogP contribution in [0.25, 0.3) is 11.0 Å². The molecule has 0 amide bonds. The summed E-state index contributed by atoms with van der Waals surface area (Å²) in [5.74, 6) is 0.397. The van der Waals surface area contributed by atoms with Crippen molar-refractivity contribution in [3.05, 3.63) is 83.2 Å². The summed E-state index contributed by atoms with van der Waals surface area (Å²) in [6, 6.07) is 16.3. The van der Waals surface area contributed by atoms with Gasteiger partial charge in [-0.25, -0.2) is 14.6 Å². The van der Waals surface area contributed by atoms with Crippen LogP contribution in [0.1, 0.15) is 44.9 Å². The SMILES string of the molecule is COC(=O)c1ccc(N)c(NC[C@@H]2CCO2)c1.COC(=O)c1ccc2nc(CCl)n(C[C@@H]3CCO3)c2c1.COC(OC)(OC)OCl.Cc1ccc(S(=O)(=O)O)cc1.PPP(P)P(P(P)P)P(P(P)P)P(P)P. The number of ether oxygens (including phenoxy) is 7. The molecule has 1 aromatic heterocycles. The number of esters is 2. The van der Waals surface area contributed by atoms with Crippen LogP contribution in [0.15, 0.2) is 65.6 Å². The van der Waals surface area contributed by atoms with Crippen molar-refractivity contribution < 1.29 is 60.0 Å². The van der Waals surface area contributed by atoms with Crippen LogP contribution in [0.2, 0.25) is 0 Å². The number of nitrogens with zero attached hydrogens (tertiary/aromatic N) is 2. The van der Waals surface area contributed by atoms with Crippen LogP contribution in [0.4, 0.5) is 11.4 Å². The van der Waals surface area contributed by atoms with Gasteiger partial charge in [0.2, 0.25) is 0 Å². The molecule has 4 aromatic rings. The first kappa shape index (κ1) is 70.5. The molecule has 11 unspecified atom stereocenters. The highest BCUT2D eigenvalue weighted by molar-refractivity contribution is 9.28. The number of hydrogen-bond donors (Lipinski definition) is 3. The normalized spacial score (nSPS) is 16.2. The van der Waals surface area contributed by atoms with Crippen molar-refractivity contribution in [3.8, 4) is 0 Å². The number of nitrogen functional groups attached to an aromatic ring is 1. The predicted octanol–water partition coefficient (Wildman–Crippen LogP) is 13.9. The van der Waals surface area contributed by atoms with Gasteiger partial charge in [0, 0.05) is 41.1 Å². The number of benzene rings is 3. The number of aromatic nitrogens is 2. The molecular formula is C37H65Cl2N4O13P15S. The molecule has 2 saturated heterocycles. The summed E-state index contributed by atoms with van der Waals surface area (Å²) >= 11 is 10.9. The molecule has 3 heterocycles. The molecular weight excluding hydrogens is 1280 g/mol. The van der Waals surface area contributed by atoms with Crippen LogP contribution < -0.4 is 11.1 Å². The quantitative estimate of drug-likeness (QED) is 0.0199. The second kappa shape index (κ2) is 36.7. The predicted molar refractivity (Wildman–Crippen MR) is 339 cm³/mol. The summed E-state index contributed by atoms with van der Waals surface area (Å²) in [7, 11) is 28.3. The van der Waals surface area contributed by atoms with Crippen molar-refractivity contribution in [2.45, 2.75) is 55.5 Å². The fourth-order valence-corrected chi connectivity index (χ4v) is 163. The highest BCUT2D eigenvalue weighted by Crippen LogP contribution is 3.22. The molecule has 0 aliphatic carbocycles. The number of anilines is 2. The molecule has 35 heteroatoms. The Morgan fingerprint density at radius 3 is 1.74 bits per heavy atom. The van der Waals surface area contributed by atoms with Gasteiger partial charge in [0.25, 0.3) is 10.1 Å². The molecule has 2 fully saturated rings. The Kier molecular flexibility index (Phi) is 35.9. The van der Waals surface area contributed by atoms with E-state index in [2.05, 4.69) is 105 Å². The molecule has 406 valence electrons. The second-order valence-corrected chi connectivity index (χ2v) is 72.1. The highest BCUT2D eigenvalue weighted by Gasteiger charge is 2.34. The van der Waals surface area contributed by atoms with E-state index in [1.807, 2.05) is 17.6 Å². The van der Waals surface area contributed by atoms with Crippen LogP contribution in [0.3, 0.4) is 0 Å². The van der Waals surface area contributed by atoms with Gasteiger partial charge < -0.3 is 48.8 Å². The minimum atomic E-state index is -4.02. The molecule has 4 N–H and O–H groups in total. The summed E-state index contributed by atoms with van der Waals surface area (Å²) in [5, 5.41) is 3.18. The lowest BCUT2D eigenvalue weighted by Gasteiger charge is -2.38. The number of nitrogens with two attached hydrogens (primary N) is 1. The average Bonchev–Trinajstić information content (AvgIpc) is 3.69. The molecule has 0 radical (unpaired) electrons. The Balaban J connectivity index is 0.000000317. The van der Waals surface area contributed by atoms with Crippen molar-refractivity contribution in [2.24, 2.45) is 0 Å². The standard InChI is InChI=1S/C14H15ClN2O3.C12H16N2O3.C7H8O3S.C4H9ClO4.H17P15/c1-19-14(18)9-2-3-11-12(6-9)17(13(7-15)16-11)8-10-4-5-20-10;1-16-12(15)8-2-3-10(13)11(6-8)14-7-9-4-5-17-9;1-6-2-4-7(5-3-6)11(8,9)10;1-6-4(7-2,8-3)9-5;1-9-13(8)15(12(6)7)14(10(2)3)11(4)5/h2-3,6,10H,4-5,7-8H2,1H3;2-3,6,9,14H,4-5,7,13H2,1H3;2-5H,1H3,(H,8,9,10);1-3H3;9H,1-8H2/t10-;9-;;;/m00.../s1. The number of imidazole rings is 1. The van der Waals surface area contributed by atoms with Gasteiger partial charge in [-0.2, -0.15) is 12.7 Å². The lowest BCUT2D eigenvalue weighted by atomic mass is 10.1. The summed E-state index contributed by atoms with van der Waals surface area (Å²) in [6.45, 7) is 5.77. The number of methoxy groups -OCH3 is 5. The van der Waals surface area contributed by atoms with Crippen LogP contribution in [0, 0.1) is 6.92 Å². The number of carbonyl (C=O) groups excluding carboxylic acids is 2. The molecule has 3 aromatic carbocycles. The first-order chi connectivity index (χ1) is 34.0. The third kappa shape index (κ3) is 23.5. The fourth-order valence-electron chi connectivity index (χ4n) is 5.68. The zero-order valence-corrected chi connectivity index (χ0v) is 58.1. The van der Waals surface area contributed by atoms with E-state index in [1.54, 1.807) is 42.5 Å². The maximum atomic E-state index is 11.6. The third-order valence-electron chi connectivity index (χ3n) is 9.60. The Bertz CT molecular complexity index is 2360. The van der Waals surface area contributed by atoms with E-state index in [0.717, 1.165) is 62.1 Å². The molecule has 0 spiro atoms. The van der Waals surface area contributed by atoms with Gasteiger partial charge in [0.15, 0.2) is 0 Å². The number of carbonyl (C=O) groups is 2. The maximum absolute atomic E-state index is 11.6. The zero-order valence-electron chi connectivity index (χ0n) is 40.2. The molecule has 17 nitrogen and oxygen atoms in total. The van der Waals surface area contributed by atoms with E-state index in [9.17, 15) is 18.0 Å². The van der Waals surface area contributed by atoms with Gasteiger partial charge >= 0.3 is 18.1 Å². The Morgan fingerprint density at radius 2 is 1.35 bits per heavy atom. The van der Waals surface area contributed by atoms with Gasteiger partial charge in [-0.15, -0.1) is 83.0 Å². The van der Waals surface area contributed by atoms with E-state index in [1.165, 1.54) is 47.7 Å². The summed E-state index contributed by atoms with van der Waals surface area (Å²) in [4.78, 5) is 27.4. The number of nitrogens with one attached hydrogen (secondary N) is 1. The van der Waals surface area contributed by atoms with Gasteiger partial charge in [0.05, 0.1) is 89.1 Å². The molecule has 0 bridgehead atoms. The molecule has 0 saturated carbocycles. The lowest BCUT2D eigenvalue weighted by Crippen LogP contribution is -2.36. The van der Waals surface area contributed by atoms with Gasteiger partial charge in [-0.05, 0) is 110 Å². The van der Waals surface area contributed by atoms with Gasteiger partial charge in [0.1, 0.15) is 5.82 Å². The zero-order chi connectivity index (χ0) is 54.3. The topological polar surface area (TPSA) is 218 Å². The van der Waals surface area contributed by atoms with Crippen molar-refractivity contribution in [1.82, 2.24) is 9.55 Å². The Labute approximate surface area is 460 Å². The molecule has 6 rings (SSSR count). The second-order valence-electron chi connectivity index (χ2n) is 14.3. The maximum Gasteiger partial charge on any atom is 0.428 e. The molecule has 72 heavy (non-hydrogen) atoms. The molecule has 13 atom stereocenters. The van der Waals surface area contributed by atoms with E-state index >= 15 is 0 Å². The minimum absolute atomic E-state index is 0.0666. The lowest BCUT2D eigenvalue weighted by molar-refractivity contribution is -0.448. The fraction of sp³-hybridized carbons (Fsp3) is 0.432. The first-order valence-corrected chi connectivity index (χ1v) is 49.4. The van der Waals surface area contributed by atoms with Crippen LogP contribution in [-0.4, -0.2) is 108 Å². The number of alkyl halides is 1. The van der Waals surface area contributed by atoms with E-state index in [-0.39, 0.29) is 71.0 Å². The third-order valence-corrected chi connectivity index (χ3v) is 99.3. The minimum Gasteiger partial charge on any atom is -0.465 e. The van der Waals surface area contributed by atoms with E-state index in [0.29, 0.717) is 35.8 Å². The van der Waals surface area contributed by atoms with Crippen molar-refractivity contribution in [2.75, 3.05) is 66.4 Å². The number of aryl methyl sites for hydroxylation is 1. The van der Waals surface area contributed by atoms with Crippen LogP contribution in [-0.2, 0) is 60.0 Å². The largest absolute Gasteiger partial charge is 0.465 e.